The number of aldehydes is 2. The first-order chi connectivity index (χ1) is 31.5. The van der Waals surface area contributed by atoms with Crippen molar-refractivity contribution in [2.24, 2.45) is 30.8 Å². The second-order valence-electron chi connectivity index (χ2n) is 15.2. The Morgan fingerprint density at radius 1 is 0.431 bits per heavy atom. The third-order valence-electron chi connectivity index (χ3n) is 9.41. The second kappa shape index (κ2) is 44.5. The van der Waals surface area contributed by atoms with Crippen molar-refractivity contribution in [3.05, 3.63) is 0 Å². The van der Waals surface area contributed by atoms with E-state index in [0.717, 1.165) is 103 Å². The van der Waals surface area contributed by atoms with E-state index in [-0.39, 0.29) is 26.4 Å². The summed E-state index contributed by atoms with van der Waals surface area (Å²) in [5, 5.41) is 10.4. The van der Waals surface area contributed by atoms with Gasteiger partial charge in [0.15, 0.2) is 0 Å². The minimum Gasteiger partial charge on any atom is -0.448 e. The lowest BCUT2D eigenvalue weighted by atomic mass is 9.89. The SMILES string of the molecule is CC(C=O)(COC(=O)NCCCCCCN=C=O)COC(=O)NCCCCCCN=C=O.CCC(C=O)(COC(=O)NCCCCCCN=C=O)COC(=O)NCCCCCCN=C=O. The topological polar surface area (TPSA) is 305 Å². The van der Waals surface area contributed by atoms with Crippen LogP contribution < -0.4 is 21.3 Å². The fourth-order valence-corrected chi connectivity index (χ4v) is 5.21. The van der Waals surface area contributed by atoms with Gasteiger partial charge < -0.3 is 49.8 Å². The minimum absolute atomic E-state index is 0.195. The number of carbonyl (C=O) groups excluding carboxylic acids is 10. The third kappa shape index (κ3) is 40.5. The Kier molecular flexibility index (Phi) is 41.8. The molecule has 0 spiro atoms. The van der Waals surface area contributed by atoms with Gasteiger partial charge in [0.05, 0.1) is 37.0 Å². The van der Waals surface area contributed by atoms with E-state index in [1.165, 1.54) is 31.2 Å². The van der Waals surface area contributed by atoms with Gasteiger partial charge in [0.2, 0.25) is 24.3 Å². The summed E-state index contributed by atoms with van der Waals surface area (Å²) in [4.78, 5) is 124. The van der Waals surface area contributed by atoms with Gasteiger partial charge >= 0.3 is 24.4 Å². The van der Waals surface area contributed by atoms with E-state index >= 15 is 0 Å². The largest absolute Gasteiger partial charge is 0.448 e. The van der Waals surface area contributed by atoms with Gasteiger partial charge in [-0.1, -0.05) is 58.3 Å². The minimum atomic E-state index is -1.15. The Bertz CT molecular complexity index is 1430. The molecule has 65 heavy (non-hydrogen) atoms. The van der Waals surface area contributed by atoms with Crippen LogP contribution in [-0.2, 0) is 47.7 Å². The van der Waals surface area contributed by atoms with E-state index in [1.807, 2.05) is 0 Å². The number of hydrogen-bond donors (Lipinski definition) is 4. The van der Waals surface area contributed by atoms with Crippen molar-refractivity contribution in [2.75, 3.05) is 78.8 Å². The number of unbranched alkanes of at least 4 members (excludes halogenated alkanes) is 12. The van der Waals surface area contributed by atoms with Gasteiger partial charge in [-0.25, -0.2) is 58.3 Å². The van der Waals surface area contributed by atoms with E-state index in [2.05, 4.69) is 41.2 Å². The fourth-order valence-electron chi connectivity index (χ4n) is 5.21. The Morgan fingerprint density at radius 3 is 0.923 bits per heavy atom. The molecule has 0 heterocycles. The van der Waals surface area contributed by atoms with Gasteiger partial charge in [-0.2, -0.15) is 0 Å². The molecule has 0 saturated carbocycles. The molecule has 366 valence electrons. The first-order valence-electron chi connectivity index (χ1n) is 22.2. The molecule has 0 atom stereocenters. The smallest absolute Gasteiger partial charge is 0.407 e. The Labute approximate surface area is 381 Å². The summed E-state index contributed by atoms with van der Waals surface area (Å²) in [6.45, 7) is 6.01. The van der Waals surface area contributed by atoms with Crippen molar-refractivity contribution in [1.29, 1.82) is 0 Å². The summed E-state index contributed by atoms with van der Waals surface area (Å²) in [6, 6.07) is 0. The average Bonchev–Trinajstić information content (AvgIpc) is 3.31. The maximum atomic E-state index is 11.9. The van der Waals surface area contributed by atoms with Crippen molar-refractivity contribution in [1.82, 2.24) is 21.3 Å². The van der Waals surface area contributed by atoms with Crippen molar-refractivity contribution < 1.29 is 66.9 Å². The standard InChI is InChI=1S/C22H36N4O7.C21H34N4O7/c1-2-22(15-27,16-32-20(30)25-13-9-5-3-7-11-23-18-28)17-33-21(31)26-14-10-6-4-8-12-24-19-29;1-21(14-26,15-31-19(29)24-12-8-4-2-6-10-22-17-27)16-32-20(30)25-13-9-5-3-7-11-23-18-28/h15H,2-14,16-17H2,1H3,(H,25,30)(H,26,31);14H,2-13,15-16H2,1H3,(H,24,29)(H,25,30). The molecule has 0 aromatic carbocycles. The van der Waals surface area contributed by atoms with E-state index in [0.29, 0.717) is 71.4 Å². The molecule has 4 amide bonds. The highest BCUT2D eigenvalue weighted by Gasteiger charge is 2.32. The number of nitrogens with zero attached hydrogens (tertiary/aromatic N) is 4. The monoisotopic (exact) mass is 923 g/mol. The van der Waals surface area contributed by atoms with Crippen LogP contribution in [0, 0.1) is 10.8 Å². The predicted octanol–water partition coefficient (Wildman–Crippen LogP) is 5.26. The van der Waals surface area contributed by atoms with Gasteiger partial charge in [0, 0.05) is 26.2 Å². The zero-order valence-corrected chi connectivity index (χ0v) is 38.2. The zero-order valence-electron chi connectivity index (χ0n) is 38.2. The van der Waals surface area contributed by atoms with Crippen LogP contribution in [0.4, 0.5) is 19.2 Å². The van der Waals surface area contributed by atoms with Crippen LogP contribution in [0.2, 0.25) is 0 Å². The first-order valence-corrected chi connectivity index (χ1v) is 22.2. The van der Waals surface area contributed by atoms with Crippen LogP contribution in [0.3, 0.4) is 0 Å². The lowest BCUT2D eigenvalue weighted by molar-refractivity contribution is -0.121. The number of hydrogen-bond acceptors (Lipinski definition) is 18. The summed E-state index contributed by atoms with van der Waals surface area (Å²) in [5.41, 5.74) is -2.25. The summed E-state index contributed by atoms with van der Waals surface area (Å²) in [7, 11) is 0. The van der Waals surface area contributed by atoms with E-state index in [9.17, 15) is 47.9 Å². The molecular formula is C43H70N8O14. The van der Waals surface area contributed by atoms with Crippen molar-refractivity contribution in [3.8, 4) is 0 Å². The van der Waals surface area contributed by atoms with E-state index in [4.69, 9.17) is 18.9 Å². The Balaban J connectivity index is 0. The molecule has 0 fully saturated rings. The molecule has 0 aliphatic carbocycles. The van der Waals surface area contributed by atoms with Crippen LogP contribution >= 0.6 is 0 Å². The van der Waals surface area contributed by atoms with Gasteiger partial charge in [0.1, 0.15) is 39.0 Å². The van der Waals surface area contributed by atoms with Gasteiger partial charge in [-0.05, 0) is 64.7 Å². The van der Waals surface area contributed by atoms with Crippen LogP contribution in [0.5, 0.6) is 0 Å². The van der Waals surface area contributed by atoms with Crippen LogP contribution in [0.25, 0.3) is 0 Å². The maximum absolute atomic E-state index is 11.9. The molecular weight excluding hydrogens is 853 g/mol. The predicted molar refractivity (Wildman–Crippen MR) is 236 cm³/mol. The highest BCUT2D eigenvalue weighted by molar-refractivity contribution is 5.70. The van der Waals surface area contributed by atoms with Crippen molar-refractivity contribution in [2.45, 2.75) is 123 Å². The number of alkyl carbamates (subject to hydrolysis) is 4. The number of aliphatic imine (C=N–C) groups is 4. The molecule has 0 aromatic rings. The molecule has 22 heteroatoms. The van der Waals surface area contributed by atoms with Gasteiger partial charge in [-0.15, -0.1) is 0 Å². The normalized spacial score (nSPS) is 11.8. The van der Waals surface area contributed by atoms with Gasteiger partial charge in [-0.3, -0.25) is 0 Å². The molecule has 0 unspecified atom stereocenters. The number of ether oxygens (including phenoxy) is 4. The zero-order chi connectivity index (χ0) is 48.5. The highest BCUT2D eigenvalue weighted by Crippen LogP contribution is 2.20. The Hall–Kier alpha value is -6.06. The molecule has 4 N–H and O–H groups in total. The first kappa shape index (κ1) is 61.0. The van der Waals surface area contributed by atoms with Crippen LogP contribution in [0.15, 0.2) is 20.0 Å². The fraction of sp³-hybridized carbons (Fsp3) is 0.767. The summed E-state index contributed by atoms with van der Waals surface area (Å²) >= 11 is 0. The quantitative estimate of drug-likeness (QED) is 0.0201. The summed E-state index contributed by atoms with van der Waals surface area (Å²) in [5.74, 6) is 0. The molecule has 0 radical (unpaired) electrons. The molecule has 0 aliphatic heterocycles. The second-order valence-corrected chi connectivity index (χ2v) is 15.2. The molecule has 22 nitrogen and oxygen atoms in total. The van der Waals surface area contributed by atoms with Crippen LogP contribution in [-0.4, -0.2) is 140 Å². The van der Waals surface area contributed by atoms with E-state index < -0.39 is 35.2 Å². The maximum Gasteiger partial charge on any atom is 0.407 e. The lowest BCUT2D eigenvalue weighted by Gasteiger charge is -2.25. The average molecular weight is 923 g/mol. The highest BCUT2D eigenvalue weighted by atomic mass is 16.6. The Morgan fingerprint density at radius 2 is 0.692 bits per heavy atom. The van der Waals surface area contributed by atoms with Gasteiger partial charge in [0.25, 0.3) is 0 Å². The number of isocyanates is 4. The van der Waals surface area contributed by atoms with E-state index in [1.54, 1.807) is 6.92 Å². The number of carbonyl (C=O) groups is 6. The molecule has 0 aliphatic rings. The number of rotatable bonds is 39. The summed E-state index contributed by atoms with van der Waals surface area (Å²) in [6.07, 6.45) is 18.2. The molecule has 0 bridgehead atoms. The molecule has 0 rings (SSSR count). The van der Waals surface area contributed by atoms with Crippen molar-refractivity contribution in [3.63, 3.8) is 0 Å². The van der Waals surface area contributed by atoms with Crippen molar-refractivity contribution >= 4 is 61.3 Å². The number of amides is 4. The van der Waals surface area contributed by atoms with Crippen LogP contribution in [0.1, 0.15) is 123 Å². The third-order valence-corrected chi connectivity index (χ3v) is 9.41. The summed E-state index contributed by atoms with van der Waals surface area (Å²) < 4.78 is 20.4. The molecule has 0 aromatic heterocycles. The lowest BCUT2D eigenvalue weighted by Crippen LogP contribution is -2.39. The molecule has 0 saturated heterocycles. The number of nitrogens with one attached hydrogen (secondary N) is 4.